The van der Waals surface area contributed by atoms with Gasteiger partial charge in [-0.2, -0.15) is 11.8 Å². The quantitative estimate of drug-likeness (QED) is 0.827. The summed E-state index contributed by atoms with van der Waals surface area (Å²) in [4.78, 5) is 14.0. The van der Waals surface area contributed by atoms with E-state index in [9.17, 15) is 9.18 Å². The van der Waals surface area contributed by atoms with Crippen LogP contribution in [0.25, 0.3) is 0 Å². The zero-order chi connectivity index (χ0) is 13.7. The summed E-state index contributed by atoms with van der Waals surface area (Å²) in [6.07, 6.45) is 0.374. The van der Waals surface area contributed by atoms with Crippen LogP contribution >= 0.6 is 11.8 Å². The van der Waals surface area contributed by atoms with Crippen LogP contribution in [-0.2, 0) is 4.79 Å². The molecule has 0 spiro atoms. The molecule has 1 amide bonds. The van der Waals surface area contributed by atoms with Crippen molar-refractivity contribution in [1.82, 2.24) is 4.90 Å². The predicted molar refractivity (Wildman–Crippen MR) is 77.8 cm³/mol. The molecular weight excluding hydrogens is 265 g/mol. The molecule has 6 heteroatoms. The maximum Gasteiger partial charge on any atom is 0.225 e. The van der Waals surface area contributed by atoms with Crippen molar-refractivity contribution in [3.8, 4) is 0 Å². The lowest BCUT2D eigenvalue weighted by Crippen LogP contribution is -2.35. The summed E-state index contributed by atoms with van der Waals surface area (Å²) < 4.78 is 13.4. The number of nitrogens with zero attached hydrogens (tertiary/aromatic N) is 1. The molecule has 0 atom stereocenters. The van der Waals surface area contributed by atoms with Crippen LogP contribution in [0.5, 0.6) is 0 Å². The zero-order valence-electron chi connectivity index (χ0n) is 10.7. The summed E-state index contributed by atoms with van der Waals surface area (Å²) in [5.74, 6) is 1.59. The van der Waals surface area contributed by atoms with Crippen molar-refractivity contribution >= 4 is 29.0 Å². The molecule has 1 aliphatic heterocycles. The maximum absolute atomic E-state index is 13.4. The highest BCUT2D eigenvalue weighted by molar-refractivity contribution is 7.99. The summed E-state index contributed by atoms with van der Waals surface area (Å²) in [5.41, 5.74) is 6.15. The van der Waals surface area contributed by atoms with Gasteiger partial charge in [-0.25, -0.2) is 4.39 Å². The lowest BCUT2D eigenvalue weighted by atomic mass is 10.2. The van der Waals surface area contributed by atoms with E-state index in [0.717, 1.165) is 31.1 Å². The van der Waals surface area contributed by atoms with Gasteiger partial charge in [0, 0.05) is 43.2 Å². The van der Waals surface area contributed by atoms with E-state index in [1.807, 2.05) is 11.8 Å². The van der Waals surface area contributed by atoms with Crippen LogP contribution in [0.3, 0.4) is 0 Å². The predicted octanol–water partition coefficient (Wildman–Crippen LogP) is 1.79. The molecule has 0 aromatic heterocycles. The SMILES string of the molecule is Nc1ccc(F)c(NC(=O)CCN2CCSCC2)c1. The Bertz CT molecular complexity index is 450. The van der Waals surface area contributed by atoms with Crippen LogP contribution in [0.2, 0.25) is 0 Å². The number of nitrogen functional groups attached to an aromatic ring is 1. The van der Waals surface area contributed by atoms with Crippen molar-refractivity contribution in [2.75, 3.05) is 42.2 Å². The van der Waals surface area contributed by atoms with Gasteiger partial charge in [0.15, 0.2) is 0 Å². The Morgan fingerprint density at radius 1 is 1.42 bits per heavy atom. The molecule has 1 aromatic rings. The molecular formula is C13H18FN3OS. The molecule has 1 saturated heterocycles. The molecule has 0 radical (unpaired) electrons. The van der Waals surface area contributed by atoms with E-state index < -0.39 is 5.82 Å². The van der Waals surface area contributed by atoms with Gasteiger partial charge in [-0.1, -0.05) is 0 Å². The highest BCUT2D eigenvalue weighted by atomic mass is 32.2. The third-order valence-electron chi connectivity index (χ3n) is 3.02. The van der Waals surface area contributed by atoms with Gasteiger partial charge in [-0.05, 0) is 18.2 Å². The minimum absolute atomic E-state index is 0.152. The summed E-state index contributed by atoms with van der Waals surface area (Å²) in [5, 5.41) is 2.56. The van der Waals surface area contributed by atoms with E-state index in [1.54, 1.807) is 0 Å². The minimum Gasteiger partial charge on any atom is -0.399 e. The third-order valence-corrected chi connectivity index (χ3v) is 3.97. The third kappa shape index (κ3) is 4.40. The fraction of sp³-hybridized carbons (Fsp3) is 0.462. The Morgan fingerprint density at radius 3 is 2.89 bits per heavy atom. The van der Waals surface area contributed by atoms with E-state index in [4.69, 9.17) is 5.73 Å². The van der Waals surface area contributed by atoms with Crippen LogP contribution in [0.1, 0.15) is 6.42 Å². The summed E-state index contributed by atoms with van der Waals surface area (Å²) in [7, 11) is 0. The first kappa shape index (κ1) is 14.1. The van der Waals surface area contributed by atoms with Crippen molar-refractivity contribution in [3.63, 3.8) is 0 Å². The Balaban J connectivity index is 1.81. The summed E-state index contributed by atoms with van der Waals surface area (Å²) >= 11 is 1.93. The van der Waals surface area contributed by atoms with Crippen molar-refractivity contribution in [2.24, 2.45) is 0 Å². The van der Waals surface area contributed by atoms with E-state index >= 15 is 0 Å². The zero-order valence-corrected chi connectivity index (χ0v) is 11.5. The normalized spacial score (nSPS) is 16.3. The van der Waals surface area contributed by atoms with Crippen molar-refractivity contribution in [2.45, 2.75) is 6.42 Å². The van der Waals surface area contributed by atoms with E-state index in [2.05, 4.69) is 10.2 Å². The first-order valence-corrected chi connectivity index (χ1v) is 7.45. The van der Waals surface area contributed by atoms with Gasteiger partial charge in [0.25, 0.3) is 0 Å². The summed E-state index contributed by atoms with van der Waals surface area (Å²) in [6.45, 7) is 2.76. The number of nitrogens with one attached hydrogen (secondary N) is 1. The smallest absolute Gasteiger partial charge is 0.225 e. The molecule has 1 aliphatic rings. The van der Waals surface area contributed by atoms with Crippen LogP contribution in [0.15, 0.2) is 18.2 Å². The van der Waals surface area contributed by atoms with Gasteiger partial charge in [0.2, 0.25) is 5.91 Å². The van der Waals surface area contributed by atoms with Crippen LogP contribution in [-0.4, -0.2) is 41.9 Å². The van der Waals surface area contributed by atoms with E-state index in [1.165, 1.54) is 18.2 Å². The molecule has 1 aromatic carbocycles. The summed E-state index contributed by atoms with van der Waals surface area (Å²) in [6, 6.07) is 4.16. The molecule has 0 aliphatic carbocycles. The topological polar surface area (TPSA) is 58.4 Å². The minimum atomic E-state index is -0.461. The molecule has 0 unspecified atom stereocenters. The standard InChI is InChI=1S/C13H18FN3OS/c14-11-2-1-10(15)9-12(11)16-13(18)3-4-17-5-7-19-8-6-17/h1-2,9H,3-8,15H2,(H,16,18). The van der Waals surface area contributed by atoms with Crippen LogP contribution < -0.4 is 11.1 Å². The van der Waals surface area contributed by atoms with Gasteiger partial charge in [-0.3, -0.25) is 4.79 Å². The first-order chi connectivity index (χ1) is 9.15. The molecule has 19 heavy (non-hydrogen) atoms. The van der Waals surface area contributed by atoms with Gasteiger partial charge in [-0.15, -0.1) is 0 Å². The number of benzene rings is 1. The number of carbonyl (C=O) groups excluding carboxylic acids is 1. The van der Waals surface area contributed by atoms with Gasteiger partial charge < -0.3 is 16.0 Å². The average Bonchev–Trinajstić information content (AvgIpc) is 2.42. The first-order valence-electron chi connectivity index (χ1n) is 6.30. The lowest BCUT2D eigenvalue weighted by molar-refractivity contribution is -0.116. The molecule has 1 fully saturated rings. The number of carbonyl (C=O) groups is 1. The Kier molecular flexibility index (Phi) is 5.04. The van der Waals surface area contributed by atoms with E-state index in [-0.39, 0.29) is 11.6 Å². The van der Waals surface area contributed by atoms with E-state index in [0.29, 0.717) is 12.1 Å². The number of hydrogen-bond acceptors (Lipinski definition) is 4. The van der Waals surface area contributed by atoms with Gasteiger partial charge >= 0.3 is 0 Å². The monoisotopic (exact) mass is 283 g/mol. The lowest BCUT2D eigenvalue weighted by Gasteiger charge is -2.25. The fourth-order valence-corrected chi connectivity index (χ4v) is 2.91. The molecule has 0 saturated carbocycles. The van der Waals surface area contributed by atoms with Crippen LogP contribution in [0.4, 0.5) is 15.8 Å². The average molecular weight is 283 g/mol. The molecule has 0 bridgehead atoms. The Hall–Kier alpha value is -1.27. The second-order valence-electron chi connectivity index (χ2n) is 4.49. The number of hydrogen-bond donors (Lipinski definition) is 2. The number of amides is 1. The number of anilines is 2. The fourth-order valence-electron chi connectivity index (χ4n) is 1.94. The van der Waals surface area contributed by atoms with Crippen LogP contribution in [0, 0.1) is 5.82 Å². The number of halogens is 1. The Morgan fingerprint density at radius 2 is 2.16 bits per heavy atom. The molecule has 3 N–H and O–H groups in total. The molecule has 1 heterocycles. The van der Waals surface area contributed by atoms with Crippen molar-refractivity contribution in [1.29, 1.82) is 0 Å². The number of rotatable bonds is 4. The molecule has 4 nitrogen and oxygen atoms in total. The highest BCUT2D eigenvalue weighted by Crippen LogP contribution is 2.17. The highest BCUT2D eigenvalue weighted by Gasteiger charge is 2.13. The second kappa shape index (κ2) is 6.77. The molecule has 104 valence electrons. The number of nitrogens with two attached hydrogens (primary N) is 1. The van der Waals surface area contributed by atoms with Gasteiger partial charge in [0.05, 0.1) is 5.69 Å². The Labute approximate surface area is 116 Å². The maximum atomic E-state index is 13.4. The van der Waals surface area contributed by atoms with Crippen molar-refractivity contribution in [3.05, 3.63) is 24.0 Å². The number of thioether (sulfide) groups is 1. The molecule has 2 rings (SSSR count). The largest absolute Gasteiger partial charge is 0.399 e. The second-order valence-corrected chi connectivity index (χ2v) is 5.72. The van der Waals surface area contributed by atoms with Gasteiger partial charge in [0.1, 0.15) is 5.82 Å². The van der Waals surface area contributed by atoms with Crippen molar-refractivity contribution < 1.29 is 9.18 Å².